The van der Waals surface area contributed by atoms with E-state index in [9.17, 15) is 0 Å². The molecule has 1 aromatic heterocycles. The molecule has 5 heteroatoms. The summed E-state index contributed by atoms with van der Waals surface area (Å²) in [6.45, 7) is 8.92. The number of halogens is 1. The van der Waals surface area contributed by atoms with E-state index in [0.717, 1.165) is 28.2 Å². The van der Waals surface area contributed by atoms with Crippen molar-refractivity contribution in [3.8, 4) is 5.75 Å². The first-order valence-electron chi connectivity index (χ1n) is 8.47. The molecular weight excluding hydrogens is 366 g/mol. The van der Waals surface area contributed by atoms with Gasteiger partial charge in [-0.15, -0.1) is 0 Å². The second-order valence-electron chi connectivity index (χ2n) is 6.18. The average molecular weight is 392 g/mol. The van der Waals surface area contributed by atoms with Crippen molar-refractivity contribution in [2.24, 2.45) is 0 Å². The van der Waals surface area contributed by atoms with Crippen LogP contribution in [0.15, 0.2) is 29.0 Å². The van der Waals surface area contributed by atoms with Crippen LogP contribution in [-0.4, -0.2) is 22.6 Å². The van der Waals surface area contributed by atoms with Crippen molar-refractivity contribution in [2.45, 2.75) is 53.0 Å². The van der Waals surface area contributed by atoms with Crippen LogP contribution in [0.2, 0.25) is 0 Å². The van der Waals surface area contributed by atoms with Crippen LogP contribution < -0.4 is 10.1 Å². The zero-order chi connectivity index (χ0) is 17.5. The van der Waals surface area contributed by atoms with Crippen LogP contribution in [0.1, 0.15) is 43.5 Å². The SMILES string of the molecule is CCCCc1ccc(OCC(C)Nc2ncnc(C)c2Br)c(C)c1. The summed E-state index contributed by atoms with van der Waals surface area (Å²) in [7, 11) is 0. The highest BCUT2D eigenvalue weighted by molar-refractivity contribution is 9.10. The van der Waals surface area contributed by atoms with E-state index in [1.165, 1.54) is 24.0 Å². The average Bonchev–Trinajstić information content (AvgIpc) is 2.56. The van der Waals surface area contributed by atoms with E-state index in [4.69, 9.17) is 4.74 Å². The highest BCUT2D eigenvalue weighted by Crippen LogP contribution is 2.23. The van der Waals surface area contributed by atoms with Crippen LogP contribution in [-0.2, 0) is 6.42 Å². The lowest BCUT2D eigenvalue weighted by atomic mass is 10.1. The predicted molar refractivity (Wildman–Crippen MR) is 103 cm³/mol. The van der Waals surface area contributed by atoms with Crippen LogP contribution in [0.5, 0.6) is 5.75 Å². The van der Waals surface area contributed by atoms with Crippen LogP contribution in [0, 0.1) is 13.8 Å². The molecule has 0 bridgehead atoms. The number of benzene rings is 1. The second-order valence-corrected chi connectivity index (χ2v) is 6.97. The summed E-state index contributed by atoms with van der Waals surface area (Å²) in [4.78, 5) is 8.42. The van der Waals surface area contributed by atoms with E-state index in [2.05, 4.69) is 70.2 Å². The van der Waals surface area contributed by atoms with Gasteiger partial charge in [0.2, 0.25) is 0 Å². The third-order valence-electron chi connectivity index (χ3n) is 3.89. The van der Waals surface area contributed by atoms with Crippen molar-refractivity contribution >= 4 is 21.7 Å². The largest absolute Gasteiger partial charge is 0.491 e. The van der Waals surface area contributed by atoms with E-state index >= 15 is 0 Å². The maximum atomic E-state index is 5.98. The number of ether oxygens (including phenoxy) is 1. The lowest BCUT2D eigenvalue weighted by Crippen LogP contribution is -2.24. The maximum Gasteiger partial charge on any atom is 0.144 e. The number of nitrogens with zero attached hydrogens (tertiary/aromatic N) is 2. The first-order valence-corrected chi connectivity index (χ1v) is 9.26. The number of rotatable bonds is 8. The Hall–Kier alpha value is -1.62. The number of aryl methyl sites for hydroxylation is 3. The summed E-state index contributed by atoms with van der Waals surface area (Å²) < 4.78 is 6.88. The van der Waals surface area contributed by atoms with Crippen molar-refractivity contribution in [1.29, 1.82) is 0 Å². The van der Waals surface area contributed by atoms with E-state index < -0.39 is 0 Å². The molecule has 1 unspecified atom stereocenters. The normalized spacial score (nSPS) is 12.0. The minimum atomic E-state index is 0.134. The number of hydrogen-bond donors (Lipinski definition) is 1. The van der Waals surface area contributed by atoms with Gasteiger partial charge in [0.1, 0.15) is 24.5 Å². The monoisotopic (exact) mass is 391 g/mol. The maximum absolute atomic E-state index is 5.98. The van der Waals surface area contributed by atoms with Crippen molar-refractivity contribution < 1.29 is 4.74 Å². The van der Waals surface area contributed by atoms with E-state index in [-0.39, 0.29) is 6.04 Å². The quantitative estimate of drug-likeness (QED) is 0.681. The van der Waals surface area contributed by atoms with Crippen LogP contribution in [0.4, 0.5) is 5.82 Å². The van der Waals surface area contributed by atoms with Crippen LogP contribution in [0.25, 0.3) is 0 Å². The van der Waals surface area contributed by atoms with Gasteiger partial charge in [-0.3, -0.25) is 0 Å². The first-order chi connectivity index (χ1) is 11.5. The molecule has 4 nitrogen and oxygen atoms in total. The summed E-state index contributed by atoms with van der Waals surface area (Å²) in [6.07, 6.45) is 5.15. The van der Waals surface area contributed by atoms with Gasteiger partial charge in [-0.05, 0) is 66.7 Å². The van der Waals surface area contributed by atoms with E-state index in [1.807, 2.05) is 6.92 Å². The minimum Gasteiger partial charge on any atom is -0.491 e. The molecule has 0 saturated heterocycles. The fraction of sp³-hybridized carbons (Fsp3) is 0.474. The van der Waals surface area contributed by atoms with Crippen molar-refractivity contribution in [3.63, 3.8) is 0 Å². The Kier molecular flexibility index (Phi) is 7.03. The molecule has 0 aliphatic rings. The molecule has 0 spiro atoms. The molecule has 0 saturated carbocycles. The van der Waals surface area contributed by atoms with Gasteiger partial charge in [0.25, 0.3) is 0 Å². The van der Waals surface area contributed by atoms with Crippen molar-refractivity contribution in [3.05, 3.63) is 45.8 Å². The number of aromatic nitrogens is 2. The van der Waals surface area contributed by atoms with Crippen LogP contribution >= 0.6 is 15.9 Å². The molecule has 0 fully saturated rings. The van der Waals surface area contributed by atoms with E-state index in [1.54, 1.807) is 6.33 Å². The summed E-state index contributed by atoms with van der Waals surface area (Å²) in [5.41, 5.74) is 3.49. The van der Waals surface area contributed by atoms with Crippen LogP contribution in [0.3, 0.4) is 0 Å². The Morgan fingerprint density at radius 3 is 2.75 bits per heavy atom. The van der Waals surface area contributed by atoms with Gasteiger partial charge in [-0.1, -0.05) is 25.5 Å². The Balaban J connectivity index is 1.91. The third-order valence-corrected chi connectivity index (χ3v) is 4.84. The molecule has 0 aliphatic carbocycles. The molecule has 2 aromatic rings. The topological polar surface area (TPSA) is 47.0 Å². The number of unbranched alkanes of at least 4 members (excludes halogenated alkanes) is 1. The molecule has 1 heterocycles. The smallest absolute Gasteiger partial charge is 0.144 e. The van der Waals surface area contributed by atoms with Gasteiger partial charge in [0.15, 0.2) is 0 Å². The fourth-order valence-electron chi connectivity index (χ4n) is 2.46. The highest BCUT2D eigenvalue weighted by Gasteiger charge is 2.10. The Labute approximate surface area is 153 Å². The van der Waals surface area contributed by atoms with Gasteiger partial charge >= 0.3 is 0 Å². The predicted octanol–water partition coefficient (Wildman–Crippen LogP) is 5.08. The van der Waals surface area contributed by atoms with Gasteiger partial charge in [-0.25, -0.2) is 9.97 Å². The molecule has 0 amide bonds. The Bertz CT molecular complexity index is 676. The fourth-order valence-corrected chi connectivity index (χ4v) is 2.78. The van der Waals surface area contributed by atoms with E-state index in [0.29, 0.717) is 6.61 Å². The zero-order valence-corrected chi connectivity index (χ0v) is 16.5. The van der Waals surface area contributed by atoms with Gasteiger partial charge in [0, 0.05) is 0 Å². The number of nitrogens with one attached hydrogen (secondary N) is 1. The van der Waals surface area contributed by atoms with Crippen molar-refractivity contribution in [1.82, 2.24) is 9.97 Å². The zero-order valence-electron chi connectivity index (χ0n) is 14.9. The molecule has 130 valence electrons. The summed E-state index contributed by atoms with van der Waals surface area (Å²) in [5.74, 6) is 1.74. The first kappa shape index (κ1) is 18.7. The van der Waals surface area contributed by atoms with Crippen molar-refractivity contribution in [2.75, 3.05) is 11.9 Å². The summed E-state index contributed by atoms with van der Waals surface area (Å²) >= 11 is 3.52. The number of hydrogen-bond acceptors (Lipinski definition) is 4. The van der Waals surface area contributed by atoms with Gasteiger partial charge in [0.05, 0.1) is 16.2 Å². The molecule has 24 heavy (non-hydrogen) atoms. The van der Waals surface area contributed by atoms with Gasteiger partial charge in [-0.2, -0.15) is 0 Å². The lowest BCUT2D eigenvalue weighted by Gasteiger charge is -2.18. The summed E-state index contributed by atoms with van der Waals surface area (Å²) in [6, 6.07) is 6.61. The molecule has 1 aromatic carbocycles. The number of anilines is 1. The van der Waals surface area contributed by atoms with Gasteiger partial charge < -0.3 is 10.1 Å². The molecule has 1 N–H and O–H groups in total. The lowest BCUT2D eigenvalue weighted by molar-refractivity contribution is 0.301. The third kappa shape index (κ3) is 5.20. The molecule has 2 rings (SSSR count). The molecular formula is C19H26BrN3O. The minimum absolute atomic E-state index is 0.134. The highest BCUT2D eigenvalue weighted by atomic mass is 79.9. The second kappa shape index (κ2) is 9.02. The Morgan fingerprint density at radius 1 is 1.25 bits per heavy atom. The standard InChI is InChI=1S/C19H26BrN3O/c1-5-6-7-16-8-9-17(13(2)10-16)24-11-14(3)23-19-18(20)15(4)21-12-22-19/h8-10,12,14H,5-7,11H2,1-4H3,(H,21,22,23). The molecule has 0 radical (unpaired) electrons. The Morgan fingerprint density at radius 2 is 2.04 bits per heavy atom. The molecule has 1 atom stereocenters. The summed E-state index contributed by atoms with van der Waals surface area (Å²) in [5, 5.41) is 3.36. The molecule has 0 aliphatic heterocycles.